The molecule has 1 saturated heterocycles. The van der Waals surface area contributed by atoms with Crippen molar-refractivity contribution in [3.05, 3.63) is 24.0 Å². The molecule has 1 aromatic rings. The Hall–Kier alpha value is -1.05. The van der Waals surface area contributed by atoms with Crippen LogP contribution in [0.3, 0.4) is 0 Å². The van der Waals surface area contributed by atoms with Gasteiger partial charge in [-0.15, -0.1) is 0 Å². The molecule has 0 radical (unpaired) electrons. The van der Waals surface area contributed by atoms with E-state index in [1.165, 1.54) is 19.3 Å². The summed E-state index contributed by atoms with van der Waals surface area (Å²) in [5.74, 6) is 0. The SMILES string of the molecule is OC(CON=C(Br)c1ccnnc1)CN1CCCCC1. The maximum absolute atomic E-state index is 9.91. The van der Waals surface area contributed by atoms with E-state index in [-0.39, 0.29) is 6.61 Å². The second kappa shape index (κ2) is 8.28. The topological polar surface area (TPSA) is 70.8 Å². The lowest BCUT2D eigenvalue weighted by molar-refractivity contribution is 0.0162. The lowest BCUT2D eigenvalue weighted by Crippen LogP contribution is -2.38. The van der Waals surface area contributed by atoms with Crippen LogP contribution in [0.4, 0.5) is 0 Å². The minimum Gasteiger partial charge on any atom is -0.392 e. The molecule has 6 nitrogen and oxygen atoms in total. The highest BCUT2D eigenvalue weighted by Gasteiger charge is 2.14. The number of aliphatic hydroxyl groups is 1. The minimum atomic E-state index is -0.521. The highest BCUT2D eigenvalue weighted by Crippen LogP contribution is 2.09. The van der Waals surface area contributed by atoms with Crippen LogP contribution in [0, 0.1) is 0 Å². The molecule has 1 unspecified atom stereocenters. The van der Waals surface area contributed by atoms with Gasteiger partial charge in [-0.3, -0.25) is 0 Å². The normalized spacial score (nSPS) is 18.8. The number of rotatable bonds is 6. The Morgan fingerprint density at radius 1 is 1.40 bits per heavy atom. The Bertz CT molecular complexity index is 424. The van der Waals surface area contributed by atoms with Gasteiger partial charge < -0.3 is 14.8 Å². The fourth-order valence-corrected chi connectivity index (χ4v) is 2.48. The zero-order valence-electron chi connectivity index (χ0n) is 11.3. The molecule has 20 heavy (non-hydrogen) atoms. The van der Waals surface area contributed by atoms with Crippen LogP contribution < -0.4 is 0 Å². The molecule has 0 amide bonds. The maximum atomic E-state index is 9.91. The van der Waals surface area contributed by atoms with Crippen molar-refractivity contribution >= 4 is 20.6 Å². The van der Waals surface area contributed by atoms with E-state index in [0.717, 1.165) is 18.7 Å². The van der Waals surface area contributed by atoms with Crippen molar-refractivity contribution in [2.24, 2.45) is 5.16 Å². The highest BCUT2D eigenvalue weighted by atomic mass is 79.9. The van der Waals surface area contributed by atoms with Crippen LogP contribution in [-0.4, -0.2) is 57.2 Å². The fraction of sp³-hybridized carbons (Fsp3) is 0.615. The molecular formula is C13H19BrN4O2. The number of β-amino-alcohol motifs (C(OH)–C–C–N with tert-alkyl or cyclic N) is 1. The van der Waals surface area contributed by atoms with E-state index in [1.807, 2.05) is 0 Å². The van der Waals surface area contributed by atoms with Crippen LogP contribution in [0.1, 0.15) is 24.8 Å². The summed E-state index contributed by atoms with van der Waals surface area (Å²) in [5, 5.41) is 21.3. The summed E-state index contributed by atoms with van der Waals surface area (Å²) >= 11 is 3.30. The van der Waals surface area contributed by atoms with Gasteiger partial charge in [-0.05, 0) is 47.9 Å². The Labute approximate surface area is 127 Å². The van der Waals surface area contributed by atoms with Gasteiger partial charge in [0.2, 0.25) is 0 Å². The van der Waals surface area contributed by atoms with Gasteiger partial charge >= 0.3 is 0 Å². The summed E-state index contributed by atoms with van der Waals surface area (Å²) in [6.45, 7) is 2.95. The highest BCUT2D eigenvalue weighted by molar-refractivity contribution is 9.18. The molecular weight excluding hydrogens is 324 g/mol. The summed E-state index contributed by atoms with van der Waals surface area (Å²) in [7, 11) is 0. The molecule has 0 aliphatic carbocycles. The first-order chi connectivity index (χ1) is 9.75. The molecule has 2 rings (SSSR count). The zero-order chi connectivity index (χ0) is 14.2. The third-order valence-electron chi connectivity index (χ3n) is 3.15. The monoisotopic (exact) mass is 342 g/mol. The number of halogens is 1. The van der Waals surface area contributed by atoms with Crippen LogP contribution >= 0.6 is 15.9 Å². The Morgan fingerprint density at radius 2 is 2.20 bits per heavy atom. The number of hydrogen-bond acceptors (Lipinski definition) is 6. The van der Waals surface area contributed by atoms with Gasteiger partial charge in [0.15, 0.2) is 4.62 Å². The van der Waals surface area contributed by atoms with Crippen LogP contribution in [0.5, 0.6) is 0 Å². The number of likely N-dealkylation sites (tertiary alicyclic amines) is 1. The molecule has 0 spiro atoms. The second-order valence-corrected chi connectivity index (χ2v) is 5.58. The van der Waals surface area contributed by atoms with Crippen LogP contribution in [-0.2, 0) is 4.84 Å². The zero-order valence-corrected chi connectivity index (χ0v) is 12.9. The summed E-state index contributed by atoms with van der Waals surface area (Å²) in [5.41, 5.74) is 0.783. The van der Waals surface area contributed by atoms with Crippen LogP contribution in [0.15, 0.2) is 23.6 Å². The van der Waals surface area contributed by atoms with Crippen LogP contribution in [0.25, 0.3) is 0 Å². The lowest BCUT2D eigenvalue weighted by Gasteiger charge is -2.27. The third-order valence-corrected chi connectivity index (χ3v) is 3.75. The number of nitrogens with zero attached hydrogens (tertiary/aromatic N) is 4. The molecule has 1 aromatic heterocycles. The first-order valence-corrected chi connectivity index (χ1v) is 7.58. The van der Waals surface area contributed by atoms with Crippen molar-refractivity contribution in [1.82, 2.24) is 15.1 Å². The molecule has 110 valence electrons. The van der Waals surface area contributed by atoms with Crippen LogP contribution in [0.2, 0.25) is 0 Å². The van der Waals surface area contributed by atoms with E-state index in [2.05, 4.69) is 36.2 Å². The standard InChI is InChI=1S/C13H19BrN4O2/c14-13(11-4-5-15-16-8-11)17-20-10-12(19)9-18-6-2-1-3-7-18/h4-5,8,12,19H,1-3,6-7,9-10H2. The molecule has 1 aliphatic rings. The number of aromatic nitrogens is 2. The predicted octanol–water partition coefficient (Wildman–Crippen LogP) is 1.40. The summed E-state index contributed by atoms with van der Waals surface area (Å²) in [6.07, 6.45) is 6.37. The quantitative estimate of drug-likeness (QED) is 0.625. The molecule has 0 aromatic carbocycles. The molecule has 1 fully saturated rings. The van der Waals surface area contributed by atoms with Crippen molar-refractivity contribution in [2.45, 2.75) is 25.4 Å². The maximum Gasteiger partial charge on any atom is 0.154 e. The molecule has 1 atom stereocenters. The average Bonchev–Trinajstić information content (AvgIpc) is 2.49. The summed E-state index contributed by atoms with van der Waals surface area (Å²) < 4.78 is 0.539. The first-order valence-electron chi connectivity index (χ1n) is 6.78. The van der Waals surface area contributed by atoms with E-state index in [1.54, 1.807) is 18.5 Å². The fourth-order valence-electron chi connectivity index (χ4n) is 2.14. The second-order valence-electron chi connectivity index (χ2n) is 4.82. The third kappa shape index (κ3) is 5.15. The number of hydrogen-bond donors (Lipinski definition) is 1. The van der Waals surface area contributed by atoms with Crippen molar-refractivity contribution < 1.29 is 9.94 Å². The predicted molar refractivity (Wildman–Crippen MR) is 79.7 cm³/mol. The molecule has 2 heterocycles. The van der Waals surface area contributed by atoms with Crippen molar-refractivity contribution in [3.63, 3.8) is 0 Å². The van der Waals surface area contributed by atoms with Gasteiger partial charge in [-0.1, -0.05) is 11.6 Å². The smallest absolute Gasteiger partial charge is 0.154 e. The minimum absolute atomic E-state index is 0.185. The van der Waals surface area contributed by atoms with Gasteiger partial charge in [0.25, 0.3) is 0 Å². The first kappa shape index (κ1) is 15.3. The van der Waals surface area contributed by atoms with E-state index in [4.69, 9.17) is 4.84 Å². The van der Waals surface area contributed by atoms with E-state index >= 15 is 0 Å². The number of aliphatic hydroxyl groups excluding tert-OH is 1. The Kier molecular flexibility index (Phi) is 6.35. The lowest BCUT2D eigenvalue weighted by atomic mass is 10.1. The average molecular weight is 343 g/mol. The Morgan fingerprint density at radius 3 is 2.90 bits per heavy atom. The van der Waals surface area contributed by atoms with Gasteiger partial charge in [0, 0.05) is 12.1 Å². The largest absolute Gasteiger partial charge is 0.392 e. The summed E-state index contributed by atoms with van der Waals surface area (Å²) in [4.78, 5) is 7.44. The van der Waals surface area contributed by atoms with Gasteiger partial charge in [0.1, 0.15) is 12.7 Å². The van der Waals surface area contributed by atoms with Crippen molar-refractivity contribution in [3.8, 4) is 0 Å². The number of oxime groups is 1. The van der Waals surface area contributed by atoms with E-state index < -0.39 is 6.10 Å². The van der Waals surface area contributed by atoms with Crippen molar-refractivity contribution in [1.29, 1.82) is 0 Å². The molecule has 1 N–H and O–H groups in total. The number of piperidine rings is 1. The van der Waals surface area contributed by atoms with Gasteiger partial charge in [-0.2, -0.15) is 10.2 Å². The van der Waals surface area contributed by atoms with E-state index in [0.29, 0.717) is 11.2 Å². The van der Waals surface area contributed by atoms with Crippen molar-refractivity contribution in [2.75, 3.05) is 26.2 Å². The summed E-state index contributed by atoms with van der Waals surface area (Å²) in [6, 6.07) is 1.77. The van der Waals surface area contributed by atoms with Gasteiger partial charge in [0.05, 0.1) is 12.4 Å². The molecule has 0 saturated carbocycles. The van der Waals surface area contributed by atoms with E-state index in [9.17, 15) is 5.11 Å². The molecule has 7 heteroatoms. The molecule has 1 aliphatic heterocycles. The van der Waals surface area contributed by atoms with Gasteiger partial charge in [-0.25, -0.2) is 0 Å². The molecule has 0 bridgehead atoms. The Balaban J connectivity index is 1.71.